The lowest BCUT2D eigenvalue weighted by atomic mass is 10.1. The number of likely N-dealkylation sites (tertiary alicyclic amines) is 1. The topological polar surface area (TPSA) is 58.2 Å². The predicted molar refractivity (Wildman–Crippen MR) is 79.9 cm³/mol. The van der Waals surface area contributed by atoms with E-state index in [1.165, 1.54) is 18.3 Å². The number of benzene rings is 1. The maximum Gasteiger partial charge on any atom is 0.258 e. The monoisotopic (exact) mass is 303 g/mol. The highest BCUT2D eigenvalue weighted by molar-refractivity contribution is 6.00. The van der Waals surface area contributed by atoms with Gasteiger partial charge in [0.05, 0.1) is 30.1 Å². The van der Waals surface area contributed by atoms with E-state index in [9.17, 15) is 9.18 Å². The second-order valence-corrected chi connectivity index (χ2v) is 5.42. The van der Waals surface area contributed by atoms with Crippen LogP contribution < -0.4 is 0 Å². The van der Waals surface area contributed by atoms with Gasteiger partial charge in [0.1, 0.15) is 5.82 Å². The van der Waals surface area contributed by atoms with Crippen LogP contribution in [0, 0.1) is 5.82 Å². The Morgan fingerprint density at radius 3 is 3.18 bits per heavy atom. The summed E-state index contributed by atoms with van der Waals surface area (Å²) in [6.07, 6.45) is 3.41. The summed E-state index contributed by atoms with van der Waals surface area (Å²) in [6.45, 7) is 1.24. The Bertz CT molecular complexity index is 671. The number of amides is 1. The minimum atomic E-state index is -0.344. The summed E-state index contributed by atoms with van der Waals surface area (Å²) in [6, 6.07) is 6.22. The number of carbonyl (C=O) groups is 1. The summed E-state index contributed by atoms with van der Waals surface area (Å²) in [5, 5.41) is 6.77. The highest BCUT2D eigenvalue weighted by Gasteiger charge is 2.31. The van der Waals surface area contributed by atoms with Crippen LogP contribution >= 0.6 is 0 Å². The molecule has 6 heteroatoms. The first-order chi connectivity index (χ1) is 10.7. The summed E-state index contributed by atoms with van der Waals surface area (Å²) in [5.74, 6) is -0.434. The van der Waals surface area contributed by atoms with Crippen LogP contribution in [0.2, 0.25) is 0 Å². The number of hydrogen-bond acceptors (Lipinski definition) is 3. The molecule has 1 saturated heterocycles. The van der Waals surface area contributed by atoms with Crippen LogP contribution in [0.25, 0.3) is 11.3 Å². The number of hydrogen-bond donors (Lipinski definition) is 1. The maximum absolute atomic E-state index is 13.4. The maximum atomic E-state index is 13.4. The minimum absolute atomic E-state index is 0.0902. The van der Waals surface area contributed by atoms with E-state index >= 15 is 0 Å². The number of rotatable bonds is 4. The van der Waals surface area contributed by atoms with Crippen LogP contribution in [0.4, 0.5) is 4.39 Å². The fraction of sp³-hybridized carbons (Fsp3) is 0.375. The van der Waals surface area contributed by atoms with Gasteiger partial charge < -0.3 is 9.64 Å². The van der Waals surface area contributed by atoms with Crippen molar-refractivity contribution in [2.75, 3.05) is 20.3 Å². The Morgan fingerprint density at radius 2 is 2.41 bits per heavy atom. The second-order valence-electron chi connectivity index (χ2n) is 5.42. The van der Waals surface area contributed by atoms with Crippen LogP contribution in [0.1, 0.15) is 23.2 Å². The third kappa shape index (κ3) is 2.74. The molecule has 3 rings (SSSR count). The van der Waals surface area contributed by atoms with E-state index in [4.69, 9.17) is 4.74 Å². The quantitative estimate of drug-likeness (QED) is 0.944. The third-order valence-corrected chi connectivity index (χ3v) is 3.98. The van der Waals surface area contributed by atoms with Crippen molar-refractivity contribution < 1.29 is 13.9 Å². The molecule has 1 aromatic heterocycles. The summed E-state index contributed by atoms with van der Waals surface area (Å²) < 4.78 is 18.6. The zero-order chi connectivity index (χ0) is 15.5. The molecule has 0 aliphatic carbocycles. The highest BCUT2D eigenvalue weighted by Crippen LogP contribution is 2.26. The third-order valence-electron chi connectivity index (χ3n) is 3.98. The van der Waals surface area contributed by atoms with Crippen molar-refractivity contribution in [2.24, 2.45) is 0 Å². The molecule has 0 bridgehead atoms. The van der Waals surface area contributed by atoms with Crippen LogP contribution in [0.5, 0.6) is 0 Å². The van der Waals surface area contributed by atoms with Gasteiger partial charge in [0.2, 0.25) is 0 Å². The molecule has 5 nitrogen and oxygen atoms in total. The number of halogens is 1. The standard InChI is InChI=1S/C16H18FN3O2/c1-22-10-13-6-3-7-20(13)16(21)14-9-18-19-15(14)11-4-2-5-12(17)8-11/h2,4-5,8-9,13H,3,6-7,10H2,1H3,(H,18,19)/t13-/m1/s1. The zero-order valence-electron chi connectivity index (χ0n) is 12.4. The number of aromatic nitrogens is 2. The summed E-state index contributed by atoms with van der Waals surface area (Å²) in [7, 11) is 1.64. The smallest absolute Gasteiger partial charge is 0.258 e. The van der Waals surface area contributed by atoms with Crippen LogP contribution in [-0.4, -0.2) is 47.3 Å². The Kier molecular flexibility index (Phi) is 4.20. The molecule has 22 heavy (non-hydrogen) atoms. The Hall–Kier alpha value is -2.21. The van der Waals surface area contributed by atoms with Gasteiger partial charge in [-0.1, -0.05) is 12.1 Å². The molecular weight excluding hydrogens is 285 g/mol. The van der Waals surface area contributed by atoms with Crippen LogP contribution in [-0.2, 0) is 4.74 Å². The number of methoxy groups -OCH3 is 1. The molecule has 0 unspecified atom stereocenters. The van der Waals surface area contributed by atoms with Gasteiger partial charge in [0, 0.05) is 19.2 Å². The van der Waals surface area contributed by atoms with E-state index < -0.39 is 0 Å². The van der Waals surface area contributed by atoms with Crippen molar-refractivity contribution in [3.05, 3.63) is 41.8 Å². The Balaban J connectivity index is 1.90. The molecule has 1 aromatic carbocycles. The molecule has 2 heterocycles. The van der Waals surface area contributed by atoms with Crippen molar-refractivity contribution >= 4 is 5.91 Å². The minimum Gasteiger partial charge on any atom is -0.383 e. The molecule has 1 aliphatic rings. The van der Waals surface area contributed by atoms with E-state index in [1.807, 2.05) is 4.90 Å². The summed E-state index contributed by atoms with van der Waals surface area (Å²) >= 11 is 0. The number of aromatic amines is 1. The highest BCUT2D eigenvalue weighted by atomic mass is 19.1. The number of nitrogens with one attached hydrogen (secondary N) is 1. The van der Waals surface area contributed by atoms with E-state index in [1.54, 1.807) is 19.2 Å². The van der Waals surface area contributed by atoms with Crippen molar-refractivity contribution in [1.82, 2.24) is 15.1 Å². The number of H-pyrrole nitrogens is 1. The normalized spacial score (nSPS) is 17.9. The lowest BCUT2D eigenvalue weighted by molar-refractivity contribution is 0.0631. The zero-order valence-corrected chi connectivity index (χ0v) is 12.4. The number of carbonyl (C=O) groups excluding carboxylic acids is 1. The van der Waals surface area contributed by atoms with Gasteiger partial charge in [-0.05, 0) is 25.0 Å². The van der Waals surface area contributed by atoms with Crippen molar-refractivity contribution in [3.63, 3.8) is 0 Å². The SMILES string of the molecule is COC[C@H]1CCCN1C(=O)c1cn[nH]c1-c1cccc(F)c1. The van der Waals surface area contributed by atoms with Gasteiger partial charge in [-0.2, -0.15) is 5.10 Å². The molecular formula is C16H18FN3O2. The lowest BCUT2D eigenvalue weighted by Crippen LogP contribution is -2.38. The molecule has 116 valence electrons. The second kappa shape index (κ2) is 6.27. The van der Waals surface area contributed by atoms with Gasteiger partial charge in [0.15, 0.2) is 0 Å². The average molecular weight is 303 g/mol. The molecule has 1 fully saturated rings. The largest absolute Gasteiger partial charge is 0.383 e. The van der Waals surface area contributed by atoms with Gasteiger partial charge in [-0.3, -0.25) is 9.89 Å². The average Bonchev–Trinajstić information content (AvgIpc) is 3.16. The van der Waals surface area contributed by atoms with Crippen molar-refractivity contribution in [1.29, 1.82) is 0 Å². The summed E-state index contributed by atoms with van der Waals surface area (Å²) in [4.78, 5) is 14.6. The molecule has 1 atom stereocenters. The Morgan fingerprint density at radius 1 is 1.55 bits per heavy atom. The number of nitrogens with zero attached hydrogens (tertiary/aromatic N) is 2. The van der Waals surface area contributed by atoms with E-state index in [0.29, 0.717) is 30.0 Å². The molecule has 0 radical (unpaired) electrons. The number of ether oxygens (including phenoxy) is 1. The first-order valence-corrected chi connectivity index (χ1v) is 7.30. The van der Waals surface area contributed by atoms with Crippen molar-refractivity contribution in [3.8, 4) is 11.3 Å². The van der Waals surface area contributed by atoms with E-state index in [0.717, 1.165) is 12.8 Å². The molecule has 0 saturated carbocycles. The molecule has 1 amide bonds. The molecule has 0 spiro atoms. The predicted octanol–water partition coefficient (Wildman–Crippen LogP) is 2.47. The van der Waals surface area contributed by atoms with E-state index in [-0.39, 0.29) is 17.8 Å². The van der Waals surface area contributed by atoms with E-state index in [2.05, 4.69) is 10.2 Å². The lowest BCUT2D eigenvalue weighted by Gasteiger charge is -2.24. The van der Waals surface area contributed by atoms with Crippen LogP contribution in [0.15, 0.2) is 30.5 Å². The van der Waals surface area contributed by atoms with Gasteiger partial charge in [0.25, 0.3) is 5.91 Å². The first kappa shape index (κ1) is 14.7. The van der Waals surface area contributed by atoms with Crippen LogP contribution in [0.3, 0.4) is 0 Å². The molecule has 2 aromatic rings. The molecule has 1 aliphatic heterocycles. The first-order valence-electron chi connectivity index (χ1n) is 7.30. The fourth-order valence-electron chi connectivity index (χ4n) is 2.94. The fourth-order valence-corrected chi connectivity index (χ4v) is 2.94. The van der Waals surface area contributed by atoms with Gasteiger partial charge >= 0.3 is 0 Å². The van der Waals surface area contributed by atoms with Crippen molar-refractivity contribution in [2.45, 2.75) is 18.9 Å². The molecule has 1 N–H and O–H groups in total. The van der Waals surface area contributed by atoms with Gasteiger partial charge in [-0.25, -0.2) is 4.39 Å². The summed E-state index contributed by atoms with van der Waals surface area (Å²) in [5.41, 5.74) is 1.63. The van der Waals surface area contributed by atoms with Gasteiger partial charge in [-0.15, -0.1) is 0 Å². The Labute approximate surface area is 128 Å².